The first-order chi connectivity index (χ1) is 10.1. The van der Waals surface area contributed by atoms with Crippen LogP contribution in [-0.2, 0) is 4.74 Å². The lowest BCUT2D eigenvalue weighted by Crippen LogP contribution is -2.38. The third-order valence-corrected chi connectivity index (χ3v) is 4.52. The zero-order valence-corrected chi connectivity index (χ0v) is 13.2. The Morgan fingerprint density at radius 1 is 1.43 bits per heavy atom. The number of methoxy groups -OCH3 is 1. The second-order valence-electron chi connectivity index (χ2n) is 5.63. The minimum atomic E-state index is -0.0792. The number of halogens is 1. The van der Waals surface area contributed by atoms with Gasteiger partial charge >= 0.3 is 0 Å². The summed E-state index contributed by atoms with van der Waals surface area (Å²) < 4.78 is 7.50. The first kappa shape index (κ1) is 14.6. The van der Waals surface area contributed by atoms with E-state index in [9.17, 15) is 0 Å². The lowest BCUT2D eigenvalue weighted by molar-refractivity contribution is 0.0817. The Morgan fingerprint density at radius 3 is 2.76 bits per heavy atom. The number of piperidine rings is 1. The van der Waals surface area contributed by atoms with Crippen LogP contribution in [0, 0.1) is 0 Å². The first-order valence-electron chi connectivity index (χ1n) is 7.29. The van der Waals surface area contributed by atoms with Gasteiger partial charge in [0.25, 0.3) is 0 Å². The van der Waals surface area contributed by atoms with Gasteiger partial charge in [-0.2, -0.15) is 0 Å². The molecular weight excluding hydrogens is 288 g/mol. The Balaban J connectivity index is 2.06. The molecule has 1 atom stereocenters. The van der Waals surface area contributed by atoms with Gasteiger partial charge in [0.1, 0.15) is 12.1 Å². The number of nitrogens with zero attached hydrogens (tertiary/aromatic N) is 3. The Kier molecular flexibility index (Phi) is 4.06. The number of rotatable bonds is 3. The van der Waals surface area contributed by atoms with Crippen molar-refractivity contribution in [3.8, 4) is 0 Å². The monoisotopic (exact) mass is 308 g/mol. The molecule has 3 rings (SSSR count). The lowest BCUT2D eigenvalue weighted by atomic mass is 10.0. The van der Waals surface area contributed by atoms with Crippen molar-refractivity contribution in [2.45, 2.75) is 31.9 Å². The molecule has 1 unspecified atom stereocenters. The highest BCUT2D eigenvalue weighted by molar-refractivity contribution is 6.34. The predicted octanol–water partition coefficient (Wildman–Crippen LogP) is 2.62. The second kappa shape index (κ2) is 5.83. The van der Waals surface area contributed by atoms with Crippen LogP contribution in [0.25, 0.3) is 5.52 Å². The number of ether oxygens (including phenoxy) is 1. The molecule has 2 aromatic rings. The molecule has 0 radical (unpaired) electrons. The molecule has 0 spiro atoms. The highest BCUT2D eigenvalue weighted by Crippen LogP contribution is 2.33. The van der Waals surface area contributed by atoms with Gasteiger partial charge in [-0.3, -0.25) is 4.40 Å². The van der Waals surface area contributed by atoms with Crippen molar-refractivity contribution in [1.29, 1.82) is 0 Å². The van der Waals surface area contributed by atoms with Gasteiger partial charge in [-0.15, -0.1) is 0 Å². The van der Waals surface area contributed by atoms with Crippen LogP contribution in [-0.4, -0.2) is 35.7 Å². The zero-order valence-electron chi connectivity index (χ0n) is 12.4. The highest BCUT2D eigenvalue weighted by Gasteiger charge is 2.24. The molecule has 0 aliphatic carbocycles. The average molecular weight is 309 g/mol. The number of hydrogen-bond acceptors (Lipinski definition) is 4. The normalized spacial score (nSPS) is 18.4. The number of hydrogen-bond donors (Lipinski definition) is 1. The Hall–Kier alpha value is -1.30. The number of nitrogens with two attached hydrogens (primary N) is 1. The molecule has 6 heteroatoms. The summed E-state index contributed by atoms with van der Waals surface area (Å²) in [5.41, 5.74) is 8.14. The SMILES string of the molecule is COC1CCN(c2c(C(C)N)cc(Cl)c3cncn23)CC1. The van der Waals surface area contributed by atoms with Gasteiger partial charge in [0, 0.05) is 31.8 Å². The summed E-state index contributed by atoms with van der Waals surface area (Å²) in [7, 11) is 1.78. The van der Waals surface area contributed by atoms with E-state index in [1.807, 2.05) is 23.7 Å². The highest BCUT2D eigenvalue weighted by atomic mass is 35.5. The fourth-order valence-electron chi connectivity index (χ4n) is 3.03. The van der Waals surface area contributed by atoms with Crippen LogP contribution in [0.4, 0.5) is 5.82 Å². The van der Waals surface area contributed by atoms with Gasteiger partial charge in [-0.25, -0.2) is 4.98 Å². The topological polar surface area (TPSA) is 55.8 Å². The minimum absolute atomic E-state index is 0.0792. The van der Waals surface area contributed by atoms with E-state index in [2.05, 4.69) is 9.88 Å². The molecule has 0 saturated carbocycles. The predicted molar refractivity (Wildman–Crippen MR) is 85.0 cm³/mol. The van der Waals surface area contributed by atoms with Gasteiger partial charge in [-0.05, 0) is 25.8 Å². The summed E-state index contributed by atoms with van der Waals surface area (Å²) >= 11 is 6.35. The quantitative estimate of drug-likeness (QED) is 0.947. The molecule has 0 amide bonds. The molecule has 1 saturated heterocycles. The number of imidazole rings is 1. The Morgan fingerprint density at radius 2 is 2.14 bits per heavy atom. The fraction of sp³-hybridized carbons (Fsp3) is 0.533. The molecule has 0 bridgehead atoms. The summed E-state index contributed by atoms with van der Waals surface area (Å²) in [6.07, 6.45) is 6.00. The molecule has 3 heterocycles. The molecule has 114 valence electrons. The number of aromatic nitrogens is 2. The summed E-state index contributed by atoms with van der Waals surface area (Å²) in [5, 5.41) is 0.690. The van der Waals surface area contributed by atoms with E-state index < -0.39 is 0 Å². The van der Waals surface area contributed by atoms with Gasteiger partial charge in [-0.1, -0.05) is 11.6 Å². The van der Waals surface area contributed by atoms with Gasteiger partial charge in [0.2, 0.25) is 0 Å². The Labute approximate surface area is 129 Å². The summed E-state index contributed by atoms with van der Waals surface area (Å²) in [6.45, 7) is 3.89. The maximum atomic E-state index is 6.35. The van der Waals surface area contributed by atoms with Crippen molar-refractivity contribution in [3.05, 3.63) is 29.2 Å². The van der Waals surface area contributed by atoms with E-state index in [-0.39, 0.29) is 6.04 Å². The van der Waals surface area contributed by atoms with Crippen molar-refractivity contribution < 1.29 is 4.74 Å². The molecule has 1 aliphatic heterocycles. The zero-order chi connectivity index (χ0) is 15.0. The standard InChI is InChI=1S/C15H21ClN4O/c1-10(17)12-7-13(16)14-8-18-9-20(14)15(12)19-5-3-11(21-2)4-6-19/h7-11H,3-6,17H2,1-2H3. The molecule has 5 nitrogen and oxygen atoms in total. The van der Waals surface area contributed by atoms with Crippen LogP contribution in [0.15, 0.2) is 18.6 Å². The van der Waals surface area contributed by atoms with Crippen LogP contribution in [0.5, 0.6) is 0 Å². The van der Waals surface area contributed by atoms with Crippen molar-refractivity contribution in [2.75, 3.05) is 25.1 Å². The number of pyridine rings is 1. The van der Waals surface area contributed by atoms with E-state index in [0.29, 0.717) is 11.1 Å². The largest absolute Gasteiger partial charge is 0.381 e. The molecule has 2 aromatic heterocycles. The van der Waals surface area contributed by atoms with Crippen molar-refractivity contribution in [3.63, 3.8) is 0 Å². The summed E-state index contributed by atoms with van der Waals surface area (Å²) in [4.78, 5) is 6.60. The van der Waals surface area contributed by atoms with Crippen LogP contribution in [0.2, 0.25) is 5.02 Å². The molecule has 21 heavy (non-hydrogen) atoms. The maximum absolute atomic E-state index is 6.35. The summed E-state index contributed by atoms with van der Waals surface area (Å²) in [6, 6.07) is 1.89. The van der Waals surface area contributed by atoms with Crippen molar-refractivity contribution in [2.24, 2.45) is 5.73 Å². The molecular formula is C15H21ClN4O. The van der Waals surface area contributed by atoms with Crippen molar-refractivity contribution >= 4 is 22.9 Å². The van der Waals surface area contributed by atoms with E-state index in [0.717, 1.165) is 42.8 Å². The fourth-order valence-corrected chi connectivity index (χ4v) is 3.29. The van der Waals surface area contributed by atoms with E-state index in [1.165, 1.54) is 0 Å². The van der Waals surface area contributed by atoms with Crippen LogP contribution < -0.4 is 10.6 Å². The molecule has 1 aliphatic rings. The maximum Gasteiger partial charge on any atom is 0.119 e. The van der Waals surface area contributed by atoms with E-state index in [1.54, 1.807) is 13.3 Å². The second-order valence-corrected chi connectivity index (χ2v) is 6.04. The lowest BCUT2D eigenvalue weighted by Gasteiger charge is -2.35. The molecule has 1 fully saturated rings. The van der Waals surface area contributed by atoms with Crippen molar-refractivity contribution in [1.82, 2.24) is 9.38 Å². The first-order valence-corrected chi connectivity index (χ1v) is 7.67. The Bertz CT molecular complexity index is 632. The molecule has 0 aromatic carbocycles. The van der Waals surface area contributed by atoms with E-state index in [4.69, 9.17) is 22.1 Å². The average Bonchev–Trinajstić information content (AvgIpc) is 2.97. The minimum Gasteiger partial charge on any atom is -0.381 e. The number of anilines is 1. The number of fused-ring (bicyclic) bond motifs is 1. The van der Waals surface area contributed by atoms with Gasteiger partial charge in [0.05, 0.1) is 22.8 Å². The third-order valence-electron chi connectivity index (χ3n) is 4.22. The third kappa shape index (κ3) is 2.61. The van der Waals surface area contributed by atoms with Crippen LogP contribution in [0.1, 0.15) is 31.4 Å². The van der Waals surface area contributed by atoms with Gasteiger partial charge in [0.15, 0.2) is 0 Å². The van der Waals surface area contributed by atoms with Crippen LogP contribution >= 0.6 is 11.6 Å². The van der Waals surface area contributed by atoms with Gasteiger partial charge < -0.3 is 15.4 Å². The molecule has 2 N–H and O–H groups in total. The van der Waals surface area contributed by atoms with E-state index >= 15 is 0 Å². The summed E-state index contributed by atoms with van der Waals surface area (Å²) in [5.74, 6) is 1.11. The van der Waals surface area contributed by atoms with Crippen LogP contribution in [0.3, 0.4) is 0 Å². The smallest absolute Gasteiger partial charge is 0.119 e.